The first-order valence-electron chi connectivity index (χ1n) is 7.19. The Hall–Kier alpha value is -1.79. The van der Waals surface area contributed by atoms with E-state index in [0.29, 0.717) is 27.0 Å². The highest BCUT2D eigenvalue weighted by molar-refractivity contribution is 9.10. The lowest BCUT2D eigenvalue weighted by Gasteiger charge is -2.12. The summed E-state index contributed by atoms with van der Waals surface area (Å²) in [5.74, 6) is 0.596. The number of likely N-dealkylation sites (N-methyl/N-ethyl adjacent to an activating group) is 1. The van der Waals surface area contributed by atoms with E-state index >= 15 is 0 Å². The summed E-state index contributed by atoms with van der Waals surface area (Å²) in [6.45, 7) is 4.53. The molecule has 2 heterocycles. The van der Waals surface area contributed by atoms with Gasteiger partial charge in [0.05, 0.1) is 10.6 Å². The Morgan fingerprint density at radius 1 is 1.30 bits per heavy atom. The lowest BCUT2D eigenvalue weighted by atomic mass is 10.2. The van der Waals surface area contributed by atoms with E-state index in [2.05, 4.69) is 20.9 Å². The number of aliphatic imine (C=N–C) groups is 1. The fraction of sp³-hybridized carbons (Fsp3) is 0.176. The molecule has 0 aliphatic carbocycles. The zero-order valence-corrected chi connectivity index (χ0v) is 15.1. The molecule has 3 rings (SSSR count). The number of furan rings is 1. The zero-order valence-electron chi connectivity index (χ0n) is 12.7. The molecule has 2 aromatic rings. The van der Waals surface area contributed by atoms with Crippen molar-refractivity contribution in [2.45, 2.75) is 13.8 Å². The molecule has 118 valence electrons. The van der Waals surface area contributed by atoms with Crippen LogP contribution >= 0.6 is 27.7 Å². The largest absolute Gasteiger partial charge is 0.450 e. The molecule has 0 atom stereocenters. The van der Waals surface area contributed by atoms with Crippen LogP contribution in [0.15, 0.2) is 55.4 Å². The van der Waals surface area contributed by atoms with Gasteiger partial charge in [0.15, 0.2) is 9.84 Å². The van der Waals surface area contributed by atoms with Crippen molar-refractivity contribution in [1.29, 1.82) is 0 Å². The molecular formula is C17H15BrN2O2S. The molecule has 0 saturated carbocycles. The third-order valence-corrected chi connectivity index (χ3v) is 4.84. The number of thioether (sulfide) groups is 1. The molecule has 1 aromatic heterocycles. The summed E-state index contributed by atoms with van der Waals surface area (Å²) < 4.78 is 6.09. The molecule has 4 nitrogen and oxygen atoms in total. The number of carbonyl (C=O) groups excluding carboxylic acids is 1. The minimum atomic E-state index is -0.0441. The van der Waals surface area contributed by atoms with Gasteiger partial charge in [0, 0.05) is 12.6 Å². The molecule has 0 bridgehead atoms. The van der Waals surface area contributed by atoms with Crippen LogP contribution in [0, 0.1) is 6.92 Å². The topological polar surface area (TPSA) is 45.8 Å². The van der Waals surface area contributed by atoms with E-state index in [1.807, 2.05) is 44.2 Å². The SMILES string of the molecule is CCN1C(=O)/C(=C\c2ccc(Br)o2)SC1=Nc1ccccc1C. The normalized spacial score (nSPS) is 18.4. The van der Waals surface area contributed by atoms with Gasteiger partial charge >= 0.3 is 0 Å². The standard InChI is InChI=1S/C17H15BrN2O2S/c1-3-20-16(21)14(10-12-8-9-15(18)22-12)23-17(20)19-13-7-5-4-6-11(13)2/h4-10H,3H2,1-2H3/b14-10+,19-17?. The molecule has 1 aliphatic heterocycles. The van der Waals surface area contributed by atoms with Crippen molar-refractivity contribution < 1.29 is 9.21 Å². The maximum atomic E-state index is 12.5. The first kappa shape index (κ1) is 16.1. The monoisotopic (exact) mass is 390 g/mol. The lowest BCUT2D eigenvalue weighted by Crippen LogP contribution is -2.28. The highest BCUT2D eigenvalue weighted by atomic mass is 79.9. The average molecular weight is 391 g/mol. The number of amides is 1. The number of para-hydroxylation sites is 1. The van der Waals surface area contributed by atoms with Crippen LogP contribution in [0.1, 0.15) is 18.2 Å². The zero-order chi connectivity index (χ0) is 16.4. The second-order valence-electron chi connectivity index (χ2n) is 4.98. The molecule has 1 fully saturated rings. The van der Waals surface area contributed by atoms with E-state index in [0.717, 1.165) is 11.3 Å². The minimum Gasteiger partial charge on any atom is -0.450 e. The summed E-state index contributed by atoms with van der Waals surface area (Å²) in [4.78, 5) is 19.5. The molecule has 23 heavy (non-hydrogen) atoms. The molecule has 6 heteroatoms. The van der Waals surface area contributed by atoms with Crippen molar-refractivity contribution in [3.8, 4) is 0 Å². The van der Waals surface area contributed by atoms with Crippen LogP contribution in [0.2, 0.25) is 0 Å². The third kappa shape index (κ3) is 3.43. The minimum absolute atomic E-state index is 0.0441. The Morgan fingerprint density at radius 2 is 2.09 bits per heavy atom. The summed E-state index contributed by atoms with van der Waals surface area (Å²) in [5, 5.41) is 0.698. The Morgan fingerprint density at radius 3 is 2.74 bits per heavy atom. The molecule has 0 spiro atoms. The molecule has 1 amide bonds. The number of rotatable bonds is 3. The van der Waals surface area contributed by atoms with E-state index in [4.69, 9.17) is 4.42 Å². The van der Waals surface area contributed by atoms with Crippen LogP contribution in [0.5, 0.6) is 0 Å². The molecular weight excluding hydrogens is 376 g/mol. The van der Waals surface area contributed by atoms with E-state index in [-0.39, 0.29) is 5.91 Å². The number of hydrogen-bond donors (Lipinski definition) is 0. The lowest BCUT2D eigenvalue weighted by molar-refractivity contribution is -0.122. The van der Waals surface area contributed by atoms with Gasteiger partial charge < -0.3 is 4.42 Å². The van der Waals surface area contributed by atoms with Crippen molar-refractivity contribution in [3.63, 3.8) is 0 Å². The highest BCUT2D eigenvalue weighted by Gasteiger charge is 2.32. The van der Waals surface area contributed by atoms with Crippen molar-refractivity contribution >= 4 is 50.5 Å². The van der Waals surface area contributed by atoms with Crippen LogP contribution in [-0.2, 0) is 4.79 Å². The number of halogens is 1. The first-order valence-corrected chi connectivity index (χ1v) is 8.80. The van der Waals surface area contributed by atoms with Crippen LogP contribution < -0.4 is 0 Å². The molecule has 0 N–H and O–H groups in total. The Labute approximate surface area is 147 Å². The van der Waals surface area contributed by atoms with Gasteiger partial charge in [-0.3, -0.25) is 9.69 Å². The number of hydrogen-bond acceptors (Lipinski definition) is 4. The maximum absolute atomic E-state index is 12.5. The first-order chi connectivity index (χ1) is 11.1. The third-order valence-electron chi connectivity index (χ3n) is 3.40. The van der Waals surface area contributed by atoms with Gasteiger partial charge in [-0.1, -0.05) is 18.2 Å². The van der Waals surface area contributed by atoms with E-state index in [1.165, 1.54) is 11.8 Å². The molecule has 0 unspecified atom stereocenters. The maximum Gasteiger partial charge on any atom is 0.266 e. The Kier molecular flexibility index (Phi) is 4.73. The molecule has 1 aliphatic rings. The Balaban J connectivity index is 1.95. The van der Waals surface area contributed by atoms with Gasteiger partial charge in [-0.25, -0.2) is 4.99 Å². The smallest absolute Gasteiger partial charge is 0.266 e. The van der Waals surface area contributed by atoms with Gasteiger partial charge in [-0.15, -0.1) is 0 Å². The fourth-order valence-electron chi connectivity index (χ4n) is 2.20. The van der Waals surface area contributed by atoms with E-state index < -0.39 is 0 Å². The van der Waals surface area contributed by atoms with Crippen molar-refractivity contribution in [2.75, 3.05) is 6.54 Å². The van der Waals surface area contributed by atoms with Crippen molar-refractivity contribution in [1.82, 2.24) is 4.90 Å². The number of carbonyl (C=O) groups is 1. The van der Waals surface area contributed by atoms with Crippen LogP contribution in [0.3, 0.4) is 0 Å². The van der Waals surface area contributed by atoms with Gasteiger partial charge in [-0.05, 0) is 65.3 Å². The van der Waals surface area contributed by atoms with Crippen LogP contribution in [0.4, 0.5) is 5.69 Å². The van der Waals surface area contributed by atoms with Gasteiger partial charge in [-0.2, -0.15) is 0 Å². The predicted octanol–water partition coefficient (Wildman–Crippen LogP) is 4.97. The summed E-state index contributed by atoms with van der Waals surface area (Å²) in [5.41, 5.74) is 1.96. The van der Waals surface area contributed by atoms with Crippen molar-refractivity contribution in [3.05, 3.63) is 57.3 Å². The van der Waals surface area contributed by atoms with Gasteiger partial charge in [0.1, 0.15) is 5.76 Å². The number of amidine groups is 1. The number of benzene rings is 1. The van der Waals surface area contributed by atoms with Gasteiger partial charge in [0.25, 0.3) is 5.91 Å². The molecule has 1 aromatic carbocycles. The van der Waals surface area contributed by atoms with Crippen LogP contribution in [-0.4, -0.2) is 22.5 Å². The van der Waals surface area contributed by atoms with E-state index in [9.17, 15) is 4.79 Å². The highest BCUT2D eigenvalue weighted by Crippen LogP contribution is 2.34. The quantitative estimate of drug-likeness (QED) is 0.694. The average Bonchev–Trinajstić information content (AvgIpc) is 3.06. The second-order valence-corrected chi connectivity index (χ2v) is 6.77. The number of aryl methyl sites for hydroxylation is 1. The molecule has 0 radical (unpaired) electrons. The summed E-state index contributed by atoms with van der Waals surface area (Å²) in [6, 6.07) is 11.5. The summed E-state index contributed by atoms with van der Waals surface area (Å²) >= 11 is 4.64. The van der Waals surface area contributed by atoms with Gasteiger partial charge in [0.2, 0.25) is 0 Å². The predicted molar refractivity (Wildman–Crippen MR) is 97.6 cm³/mol. The van der Waals surface area contributed by atoms with Crippen molar-refractivity contribution in [2.24, 2.45) is 4.99 Å². The Bertz CT molecular complexity index is 810. The molecule has 1 saturated heterocycles. The van der Waals surface area contributed by atoms with E-state index in [1.54, 1.807) is 17.0 Å². The van der Waals surface area contributed by atoms with Crippen LogP contribution in [0.25, 0.3) is 6.08 Å². The summed E-state index contributed by atoms with van der Waals surface area (Å²) in [7, 11) is 0. The second kappa shape index (κ2) is 6.76. The number of nitrogens with zero attached hydrogens (tertiary/aromatic N) is 2. The summed E-state index contributed by atoms with van der Waals surface area (Å²) in [6.07, 6.45) is 1.75. The fourth-order valence-corrected chi connectivity index (χ4v) is 3.55.